The van der Waals surface area contributed by atoms with Gasteiger partial charge in [0.05, 0.1) is 19.2 Å². The van der Waals surface area contributed by atoms with E-state index in [-0.39, 0.29) is 6.54 Å². The largest absolute Gasteiger partial charge is 0.496 e. The SMILES string of the molecule is COc1ccc(-c2ccccc2)cc1C(=O)NCC(=O)Nc1cc(C)on1. The number of aryl methyl sites for hydroxylation is 1. The van der Waals surface area contributed by atoms with Crippen LogP contribution in [-0.4, -0.2) is 30.6 Å². The summed E-state index contributed by atoms with van der Waals surface area (Å²) in [5, 5.41) is 8.81. The van der Waals surface area contributed by atoms with Crippen LogP contribution in [0.15, 0.2) is 59.1 Å². The minimum Gasteiger partial charge on any atom is -0.496 e. The van der Waals surface area contributed by atoms with Crippen molar-refractivity contribution in [3.8, 4) is 16.9 Å². The maximum atomic E-state index is 12.6. The van der Waals surface area contributed by atoms with Crippen molar-refractivity contribution < 1.29 is 18.8 Å². The number of benzene rings is 2. The summed E-state index contributed by atoms with van der Waals surface area (Å²) in [6, 6.07) is 16.6. The number of anilines is 1. The fraction of sp³-hybridized carbons (Fsp3) is 0.150. The van der Waals surface area contributed by atoms with Gasteiger partial charge in [0, 0.05) is 6.07 Å². The maximum absolute atomic E-state index is 12.6. The first-order chi connectivity index (χ1) is 13.1. The first kappa shape index (κ1) is 18.2. The zero-order valence-corrected chi connectivity index (χ0v) is 15.0. The van der Waals surface area contributed by atoms with Crippen LogP contribution in [0.25, 0.3) is 11.1 Å². The number of amides is 2. The molecule has 0 unspecified atom stereocenters. The molecule has 0 aliphatic rings. The summed E-state index contributed by atoms with van der Waals surface area (Å²) in [4.78, 5) is 24.5. The summed E-state index contributed by atoms with van der Waals surface area (Å²) in [6.07, 6.45) is 0. The predicted octanol–water partition coefficient (Wildman–Crippen LogP) is 3.03. The van der Waals surface area contributed by atoms with Crippen LogP contribution in [0.2, 0.25) is 0 Å². The molecular formula is C20H19N3O4. The second-order valence-electron chi connectivity index (χ2n) is 5.83. The molecule has 0 saturated carbocycles. The van der Waals surface area contributed by atoms with Gasteiger partial charge in [-0.05, 0) is 30.2 Å². The number of nitrogens with zero attached hydrogens (tertiary/aromatic N) is 1. The van der Waals surface area contributed by atoms with Gasteiger partial charge in [-0.15, -0.1) is 0 Å². The maximum Gasteiger partial charge on any atom is 0.255 e. The van der Waals surface area contributed by atoms with E-state index < -0.39 is 11.8 Å². The lowest BCUT2D eigenvalue weighted by Crippen LogP contribution is -2.33. The highest BCUT2D eigenvalue weighted by Gasteiger charge is 2.15. The summed E-state index contributed by atoms with van der Waals surface area (Å²) in [6.45, 7) is 1.51. The third kappa shape index (κ3) is 4.52. The molecule has 0 aliphatic carbocycles. The average Bonchev–Trinajstić information content (AvgIpc) is 3.10. The van der Waals surface area contributed by atoms with E-state index in [4.69, 9.17) is 9.26 Å². The minimum atomic E-state index is -0.408. The Kier molecular flexibility index (Phi) is 5.51. The van der Waals surface area contributed by atoms with E-state index in [0.717, 1.165) is 11.1 Å². The molecule has 138 valence electrons. The summed E-state index contributed by atoms with van der Waals surface area (Å²) in [5.74, 6) is 0.498. The molecule has 2 N–H and O–H groups in total. The van der Waals surface area contributed by atoms with Crippen molar-refractivity contribution in [1.82, 2.24) is 10.5 Å². The van der Waals surface area contributed by atoms with Crippen molar-refractivity contribution in [3.63, 3.8) is 0 Å². The quantitative estimate of drug-likeness (QED) is 0.700. The van der Waals surface area contributed by atoms with E-state index in [2.05, 4.69) is 15.8 Å². The zero-order chi connectivity index (χ0) is 19.2. The molecule has 0 saturated heterocycles. The average molecular weight is 365 g/mol. The number of hydrogen-bond acceptors (Lipinski definition) is 5. The van der Waals surface area contributed by atoms with Gasteiger partial charge in [0.25, 0.3) is 5.91 Å². The molecule has 2 aromatic carbocycles. The molecule has 1 aromatic heterocycles. The van der Waals surface area contributed by atoms with Crippen LogP contribution >= 0.6 is 0 Å². The highest BCUT2D eigenvalue weighted by atomic mass is 16.5. The topological polar surface area (TPSA) is 93.5 Å². The minimum absolute atomic E-state index is 0.205. The molecule has 0 spiro atoms. The molecule has 0 aliphatic heterocycles. The van der Waals surface area contributed by atoms with Crippen molar-refractivity contribution in [2.45, 2.75) is 6.92 Å². The van der Waals surface area contributed by atoms with Crippen LogP contribution in [-0.2, 0) is 4.79 Å². The van der Waals surface area contributed by atoms with Crippen molar-refractivity contribution >= 4 is 17.6 Å². The Labute approximate surface area is 156 Å². The van der Waals surface area contributed by atoms with Gasteiger partial charge in [-0.3, -0.25) is 9.59 Å². The Hall–Kier alpha value is -3.61. The lowest BCUT2D eigenvalue weighted by molar-refractivity contribution is -0.115. The van der Waals surface area contributed by atoms with Crippen molar-refractivity contribution in [3.05, 3.63) is 65.9 Å². The zero-order valence-electron chi connectivity index (χ0n) is 15.0. The third-order valence-corrected chi connectivity index (χ3v) is 3.86. The Morgan fingerprint density at radius 3 is 2.52 bits per heavy atom. The van der Waals surface area contributed by atoms with Crippen LogP contribution in [0.1, 0.15) is 16.1 Å². The summed E-state index contributed by atoms with van der Waals surface area (Å²) in [7, 11) is 1.49. The number of ether oxygens (including phenoxy) is 1. The van der Waals surface area contributed by atoms with E-state index in [0.29, 0.717) is 22.9 Å². The normalized spacial score (nSPS) is 10.3. The van der Waals surface area contributed by atoms with Gasteiger partial charge >= 0.3 is 0 Å². The summed E-state index contributed by atoms with van der Waals surface area (Å²) < 4.78 is 10.2. The second kappa shape index (κ2) is 8.18. The number of hydrogen-bond donors (Lipinski definition) is 2. The van der Waals surface area contributed by atoms with Gasteiger partial charge in [0.15, 0.2) is 5.82 Å². The number of carbonyl (C=O) groups excluding carboxylic acids is 2. The lowest BCUT2D eigenvalue weighted by Gasteiger charge is -2.11. The number of methoxy groups -OCH3 is 1. The van der Waals surface area contributed by atoms with Gasteiger partial charge in [-0.2, -0.15) is 0 Å². The first-order valence-electron chi connectivity index (χ1n) is 8.31. The molecule has 27 heavy (non-hydrogen) atoms. The Morgan fingerprint density at radius 1 is 1.07 bits per heavy atom. The third-order valence-electron chi connectivity index (χ3n) is 3.86. The van der Waals surface area contributed by atoms with E-state index >= 15 is 0 Å². The van der Waals surface area contributed by atoms with Gasteiger partial charge in [-0.1, -0.05) is 41.6 Å². The molecule has 2 amide bonds. The fourth-order valence-electron chi connectivity index (χ4n) is 2.56. The van der Waals surface area contributed by atoms with Crippen LogP contribution in [0.4, 0.5) is 5.82 Å². The summed E-state index contributed by atoms with van der Waals surface area (Å²) >= 11 is 0. The van der Waals surface area contributed by atoms with Gasteiger partial charge < -0.3 is 19.9 Å². The Bertz CT molecular complexity index is 951. The predicted molar refractivity (Wildman–Crippen MR) is 101 cm³/mol. The van der Waals surface area contributed by atoms with Crippen LogP contribution in [0.3, 0.4) is 0 Å². The van der Waals surface area contributed by atoms with E-state index in [1.165, 1.54) is 7.11 Å². The van der Waals surface area contributed by atoms with E-state index in [9.17, 15) is 9.59 Å². The van der Waals surface area contributed by atoms with E-state index in [1.54, 1.807) is 25.1 Å². The van der Waals surface area contributed by atoms with Gasteiger partial charge in [0.1, 0.15) is 11.5 Å². The molecule has 3 aromatic rings. The Balaban J connectivity index is 1.70. The number of rotatable bonds is 6. The van der Waals surface area contributed by atoms with Crippen LogP contribution in [0, 0.1) is 6.92 Å². The number of aromatic nitrogens is 1. The lowest BCUT2D eigenvalue weighted by atomic mass is 10.0. The standard InChI is InChI=1S/C20H19N3O4/c1-13-10-18(23-27-13)22-19(24)12-21-20(25)16-11-15(8-9-17(16)26-2)14-6-4-3-5-7-14/h3-11H,12H2,1-2H3,(H,21,25)(H,22,23,24). The van der Waals surface area contributed by atoms with Crippen molar-refractivity contribution in [2.24, 2.45) is 0 Å². The number of carbonyl (C=O) groups is 2. The molecule has 1 heterocycles. The van der Waals surface area contributed by atoms with Crippen molar-refractivity contribution in [1.29, 1.82) is 0 Å². The van der Waals surface area contributed by atoms with E-state index in [1.807, 2.05) is 36.4 Å². The summed E-state index contributed by atoms with van der Waals surface area (Å²) in [5.41, 5.74) is 2.21. The first-order valence-corrected chi connectivity index (χ1v) is 8.31. The smallest absolute Gasteiger partial charge is 0.255 e. The monoisotopic (exact) mass is 365 g/mol. The molecule has 3 rings (SSSR count). The second-order valence-corrected chi connectivity index (χ2v) is 5.83. The fourth-order valence-corrected chi connectivity index (χ4v) is 2.56. The van der Waals surface area contributed by atoms with Crippen LogP contribution in [0.5, 0.6) is 5.75 Å². The molecule has 7 heteroatoms. The van der Waals surface area contributed by atoms with Crippen molar-refractivity contribution in [2.75, 3.05) is 19.0 Å². The molecular weight excluding hydrogens is 346 g/mol. The van der Waals surface area contributed by atoms with Crippen LogP contribution < -0.4 is 15.4 Å². The molecule has 0 fully saturated rings. The number of nitrogens with one attached hydrogen (secondary N) is 2. The molecule has 7 nitrogen and oxygen atoms in total. The highest BCUT2D eigenvalue weighted by Crippen LogP contribution is 2.26. The van der Waals surface area contributed by atoms with Gasteiger partial charge in [0.2, 0.25) is 5.91 Å². The molecule has 0 bridgehead atoms. The highest BCUT2D eigenvalue weighted by molar-refractivity contribution is 6.01. The van der Waals surface area contributed by atoms with Gasteiger partial charge in [-0.25, -0.2) is 0 Å². The Morgan fingerprint density at radius 2 is 1.85 bits per heavy atom. The molecule has 0 radical (unpaired) electrons. The molecule has 0 atom stereocenters.